The quantitative estimate of drug-likeness (QED) is 0.617. The van der Waals surface area contributed by atoms with Crippen molar-refractivity contribution in [1.82, 2.24) is 30.8 Å². The molecule has 30 heavy (non-hydrogen) atoms. The number of nitrogens with zero attached hydrogens (tertiary/aromatic N) is 5. The summed E-state index contributed by atoms with van der Waals surface area (Å²) in [6.07, 6.45) is 5.89. The van der Waals surface area contributed by atoms with Gasteiger partial charge in [-0.25, -0.2) is 15.0 Å². The minimum absolute atomic E-state index is 0.135. The predicted octanol–water partition coefficient (Wildman–Crippen LogP) is 1.11. The average Bonchev–Trinajstić information content (AvgIpc) is 2.82. The lowest BCUT2D eigenvalue weighted by Gasteiger charge is -2.32. The summed E-state index contributed by atoms with van der Waals surface area (Å²) < 4.78 is 5.04. The Balaban J connectivity index is 1.39. The minimum Gasteiger partial charge on any atom is -0.480 e. The van der Waals surface area contributed by atoms with Crippen molar-refractivity contribution in [3.05, 3.63) is 48.5 Å². The van der Waals surface area contributed by atoms with Gasteiger partial charge >= 0.3 is 0 Å². The second-order valence-corrected chi connectivity index (χ2v) is 6.89. The molecule has 2 N–H and O–H groups in total. The van der Waals surface area contributed by atoms with Crippen LogP contribution in [0.4, 0.5) is 5.82 Å². The van der Waals surface area contributed by atoms with Crippen LogP contribution in [-0.2, 0) is 4.79 Å². The highest BCUT2D eigenvalue weighted by molar-refractivity contribution is 5.97. The first-order chi connectivity index (χ1) is 14.7. The van der Waals surface area contributed by atoms with Crippen molar-refractivity contribution >= 4 is 28.7 Å². The molecule has 1 aliphatic rings. The SMILES string of the molecule is COc1ncncc1C(=O)NNC(=O)C1CCCN(c2cnc3ccccc3n2)C1. The highest BCUT2D eigenvalue weighted by atomic mass is 16.5. The third-order valence-corrected chi connectivity index (χ3v) is 4.96. The number of rotatable bonds is 4. The lowest BCUT2D eigenvalue weighted by atomic mass is 9.97. The Morgan fingerprint density at radius 3 is 2.80 bits per heavy atom. The molecule has 1 aliphatic heterocycles. The number of hydrogen-bond acceptors (Lipinski definition) is 8. The van der Waals surface area contributed by atoms with Gasteiger partial charge in [0, 0.05) is 19.3 Å². The molecule has 3 heterocycles. The summed E-state index contributed by atoms with van der Waals surface area (Å²) in [5.74, 6) is -0.232. The van der Waals surface area contributed by atoms with Gasteiger partial charge in [-0.15, -0.1) is 0 Å². The maximum absolute atomic E-state index is 12.6. The highest BCUT2D eigenvalue weighted by Gasteiger charge is 2.27. The molecule has 0 spiro atoms. The van der Waals surface area contributed by atoms with E-state index in [-0.39, 0.29) is 23.3 Å². The monoisotopic (exact) mass is 407 g/mol. The van der Waals surface area contributed by atoms with E-state index < -0.39 is 5.91 Å². The number of amides is 2. The Hall–Kier alpha value is -3.82. The Morgan fingerprint density at radius 2 is 1.97 bits per heavy atom. The molecule has 0 saturated carbocycles. The molecule has 1 aromatic carbocycles. The van der Waals surface area contributed by atoms with Crippen LogP contribution in [0.3, 0.4) is 0 Å². The summed E-state index contributed by atoms with van der Waals surface area (Å²) in [4.78, 5) is 43.8. The van der Waals surface area contributed by atoms with Gasteiger partial charge in [-0.1, -0.05) is 12.1 Å². The standard InChI is InChI=1S/C20H21N7O3/c1-30-20-14(9-21-12-23-20)19(29)26-25-18(28)13-5-4-8-27(11-13)17-10-22-15-6-2-3-7-16(15)24-17/h2-3,6-7,9-10,12-13H,4-5,8,11H2,1H3,(H,25,28)(H,26,29). The fourth-order valence-electron chi connectivity index (χ4n) is 3.42. The topological polar surface area (TPSA) is 122 Å². The first-order valence-corrected chi connectivity index (χ1v) is 9.56. The third-order valence-electron chi connectivity index (χ3n) is 4.96. The van der Waals surface area contributed by atoms with Crippen molar-refractivity contribution in [2.45, 2.75) is 12.8 Å². The van der Waals surface area contributed by atoms with Crippen LogP contribution in [0, 0.1) is 5.92 Å². The first kappa shape index (κ1) is 19.5. The number of ether oxygens (including phenoxy) is 1. The number of anilines is 1. The van der Waals surface area contributed by atoms with Gasteiger partial charge in [-0.2, -0.15) is 0 Å². The van der Waals surface area contributed by atoms with Crippen molar-refractivity contribution in [3.8, 4) is 5.88 Å². The summed E-state index contributed by atoms with van der Waals surface area (Å²) in [5, 5.41) is 0. The maximum atomic E-state index is 12.6. The van der Waals surface area contributed by atoms with E-state index in [0.29, 0.717) is 6.54 Å². The number of nitrogens with one attached hydrogen (secondary N) is 2. The zero-order valence-electron chi connectivity index (χ0n) is 16.4. The first-order valence-electron chi connectivity index (χ1n) is 9.56. The van der Waals surface area contributed by atoms with Crippen LogP contribution in [0.1, 0.15) is 23.2 Å². The van der Waals surface area contributed by atoms with Crippen LogP contribution in [-0.4, -0.2) is 51.9 Å². The molecule has 1 unspecified atom stereocenters. The fourth-order valence-corrected chi connectivity index (χ4v) is 3.42. The van der Waals surface area contributed by atoms with Gasteiger partial charge in [0.1, 0.15) is 17.7 Å². The molecule has 1 fully saturated rings. The van der Waals surface area contributed by atoms with E-state index in [0.717, 1.165) is 36.2 Å². The van der Waals surface area contributed by atoms with Crippen molar-refractivity contribution in [2.24, 2.45) is 5.92 Å². The summed E-state index contributed by atoms with van der Waals surface area (Å²) in [7, 11) is 1.41. The lowest BCUT2D eigenvalue weighted by Crippen LogP contribution is -2.49. The van der Waals surface area contributed by atoms with Crippen molar-refractivity contribution < 1.29 is 14.3 Å². The fraction of sp³-hybridized carbons (Fsp3) is 0.300. The number of aromatic nitrogens is 4. The molecule has 10 nitrogen and oxygen atoms in total. The zero-order valence-corrected chi connectivity index (χ0v) is 16.4. The zero-order chi connectivity index (χ0) is 20.9. The molecule has 0 aliphatic carbocycles. The second-order valence-electron chi connectivity index (χ2n) is 6.89. The van der Waals surface area contributed by atoms with Crippen LogP contribution < -0.4 is 20.5 Å². The lowest BCUT2D eigenvalue weighted by molar-refractivity contribution is -0.126. The Labute approximate surface area is 172 Å². The number of benzene rings is 1. The van der Waals surface area contributed by atoms with Crippen LogP contribution in [0.25, 0.3) is 11.0 Å². The van der Waals surface area contributed by atoms with Gasteiger partial charge in [0.15, 0.2) is 0 Å². The van der Waals surface area contributed by atoms with Gasteiger partial charge in [0.05, 0.1) is 30.3 Å². The van der Waals surface area contributed by atoms with Crippen LogP contribution in [0.5, 0.6) is 5.88 Å². The number of carbonyl (C=O) groups is 2. The molecule has 4 rings (SSSR count). The molecule has 1 saturated heterocycles. The van der Waals surface area contributed by atoms with Gasteiger partial charge in [0.2, 0.25) is 11.8 Å². The molecule has 2 aromatic heterocycles. The average molecular weight is 407 g/mol. The molecule has 0 bridgehead atoms. The molecule has 0 radical (unpaired) electrons. The summed E-state index contributed by atoms with van der Waals surface area (Å²) in [5.41, 5.74) is 6.67. The molecular weight excluding hydrogens is 386 g/mol. The van der Waals surface area contributed by atoms with E-state index in [1.165, 1.54) is 19.6 Å². The van der Waals surface area contributed by atoms with E-state index >= 15 is 0 Å². The van der Waals surface area contributed by atoms with E-state index in [9.17, 15) is 9.59 Å². The predicted molar refractivity (Wildman–Crippen MR) is 109 cm³/mol. The van der Waals surface area contributed by atoms with Gasteiger partial charge < -0.3 is 9.64 Å². The van der Waals surface area contributed by atoms with E-state index in [1.54, 1.807) is 6.20 Å². The smallest absolute Gasteiger partial charge is 0.276 e. The normalized spacial score (nSPS) is 16.2. The molecule has 3 aromatic rings. The largest absolute Gasteiger partial charge is 0.480 e. The van der Waals surface area contributed by atoms with Crippen molar-refractivity contribution in [1.29, 1.82) is 0 Å². The number of piperidine rings is 1. The van der Waals surface area contributed by atoms with Crippen LogP contribution in [0.2, 0.25) is 0 Å². The second kappa shape index (κ2) is 8.68. The Bertz CT molecular complexity index is 1070. The Morgan fingerprint density at radius 1 is 1.13 bits per heavy atom. The maximum Gasteiger partial charge on any atom is 0.276 e. The molecule has 2 amide bonds. The van der Waals surface area contributed by atoms with E-state index in [1.807, 2.05) is 29.2 Å². The number of hydrazine groups is 1. The highest BCUT2D eigenvalue weighted by Crippen LogP contribution is 2.23. The third kappa shape index (κ3) is 4.12. The van der Waals surface area contributed by atoms with Gasteiger partial charge in [-0.3, -0.25) is 25.4 Å². The number of para-hydroxylation sites is 2. The molecule has 1 atom stereocenters. The Kier molecular flexibility index (Phi) is 5.64. The minimum atomic E-state index is -0.547. The molecule has 10 heteroatoms. The van der Waals surface area contributed by atoms with Crippen LogP contribution >= 0.6 is 0 Å². The number of carbonyl (C=O) groups excluding carboxylic acids is 2. The van der Waals surface area contributed by atoms with Gasteiger partial charge in [-0.05, 0) is 25.0 Å². The van der Waals surface area contributed by atoms with Crippen LogP contribution in [0.15, 0.2) is 43.0 Å². The number of fused-ring (bicyclic) bond motifs is 1. The summed E-state index contributed by atoms with van der Waals surface area (Å²) in [6, 6.07) is 7.66. The van der Waals surface area contributed by atoms with E-state index in [4.69, 9.17) is 4.74 Å². The summed E-state index contributed by atoms with van der Waals surface area (Å²) >= 11 is 0. The summed E-state index contributed by atoms with van der Waals surface area (Å²) in [6.45, 7) is 1.29. The van der Waals surface area contributed by atoms with E-state index in [2.05, 4.69) is 30.8 Å². The molecular formula is C20H21N7O3. The van der Waals surface area contributed by atoms with Gasteiger partial charge in [0.25, 0.3) is 5.91 Å². The number of methoxy groups -OCH3 is 1. The van der Waals surface area contributed by atoms with Crippen molar-refractivity contribution in [2.75, 3.05) is 25.1 Å². The molecule has 154 valence electrons. The number of hydrogen-bond donors (Lipinski definition) is 2. The van der Waals surface area contributed by atoms with Crippen molar-refractivity contribution in [3.63, 3.8) is 0 Å².